The Bertz CT molecular complexity index is 1240. The molecular weight excluding hydrogens is 423 g/mol. The first-order valence-corrected chi connectivity index (χ1v) is 11.8. The van der Waals surface area contributed by atoms with Crippen LogP contribution >= 0.6 is 23.1 Å². The smallest absolute Gasteiger partial charge is 0.131 e. The van der Waals surface area contributed by atoms with Crippen molar-refractivity contribution in [2.24, 2.45) is 0 Å². The number of aromatic nitrogens is 2. The van der Waals surface area contributed by atoms with Crippen LogP contribution in [0, 0.1) is 0 Å². The van der Waals surface area contributed by atoms with Gasteiger partial charge in [-0.2, -0.15) is 0 Å². The predicted octanol–water partition coefficient (Wildman–Crippen LogP) is 5.12. The number of rotatable bonds is 3. The minimum Gasteiger partial charge on any atom is -0.398 e. The zero-order valence-electron chi connectivity index (χ0n) is 14.9. The van der Waals surface area contributed by atoms with Gasteiger partial charge in [-0.05, 0) is 59.6 Å². The number of nitrogen functional groups attached to an aromatic ring is 1. The number of anilines is 3. The van der Waals surface area contributed by atoms with Gasteiger partial charge < -0.3 is 15.6 Å². The van der Waals surface area contributed by atoms with Crippen LogP contribution in [0.1, 0.15) is 0 Å². The van der Waals surface area contributed by atoms with Crippen LogP contribution in [0.15, 0.2) is 59.2 Å². The quantitative estimate of drug-likeness (QED) is 0.341. The summed E-state index contributed by atoms with van der Waals surface area (Å²) in [6.07, 6.45) is 1.72. The molecule has 3 N–H and O–H groups in total. The molecule has 136 valence electrons. The molecule has 0 saturated carbocycles. The molecule has 27 heavy (non-hydrogen) atoms. The zero-order valence-corrected chi connectivity index (χ0v) is 17.4. The van der Waals surface area contributed by atoms with E-state index in [2.05, 4.69) is 31.2 Å². The molecular formula is C20H18BrN4OP. The van der Waals surface area contributed by atoms with Crippen molar-refractivity contribution in [2.45, 2.75) is 0 Å². The third-order valence-electron chi connectivity index (χ3n) is 4.38. The van der Waals surface area contributed by atoms with Gasteiger partial charge in [-0.15, -0.1) is 0 Å². The van der Waals surface area contributed by atoms with Gasteiger partial charge in [-0.25, -0.2) is 4.98 Å². The number of hydrogen-bond acceptors (Lipinski definition) is 5. The van der Waals surface area contributed by atoms with Gasteiger partial charge in [0, 0.05) is 22.7 Å². The van der Waals surface area contributed by atoms with Crippen molar-refractivity contribution < 1.29 is 4.57 Å². The lowest BCUT2D eigenvalue weighted by Gasteiger charge is -2.17. The van der Waals surface area contributed by atoms with Crippen molar-refractivity contribution in [3.05, 3.63) is 59.2 Å². The van der Waals surface area contributed by atoms with Crippen LogP contribution in [-0.2, 0) is 4.57 Å². The third kappa shape index (κ3) is 3.31. The van der Waals surface area contributed by atoms with Gasteiger partial charge in [-0.3, -0.25) is 4.98 Å². The molecule has 0 spiro atoms. The second-order valence-electron chi connectivity index (χ2n) is 6.75. The number of benzene rings is 2. The van der Waals surface area contributed by atoms with Gasteiger partial charge in [0.25, 0.3) is 0 Å². The van der Waals surface area contributed by atoms with Gasteiger partial charge in [0.1, 0.15) is 13.0 Å². The van der Waals surface area contributed by atoms with Crippen molar-refractivity contribution in [1.82, 2.24) is 9.97 Å². The Labute approximate surface area is 165 Å². The van der Waals surface area contributed by atoms with Crippen LogP contribution < -0.4 is 16.4 Å². The predicted molar refractivity (Wildman–Crippen MR) is 118 cm³/mol. The fourth-order valence-corrected chi connectivity index (χ4v) is 5.01. The maximum atomic E-state index is 13.0. The van der Waals surface area contributed by atoms with Crippen LogP contribution in [0.4, 0.5) is 17.2 Å². The van der Waals surface area contributed by atoms with E-state index in [-0.39, 0.29) is 0 Å². The second-order valence-corrected chi connectivity index (χ2v) is 10.7. The third-order valence-corrected chi connectivity index (χ3v) is 6.74. The Kier molecular flexibility index (Phi) is 4.41. The first kappa shape index (κ1) is 18.0. The second kappa shape index (κ2) is 6.63. The normalized spacial score (nSPS) is 11.8. The van der Waals surface area contributed by atoms with Crippen molar-refractivity contribution in [3.63, 3.8) is 0 Å². The fraction of sp³-hybridized carbons (Fsp3) is 0.100. The van der Waals surface area contributed by atoms with Crippen molar-refractivity contribution in [3.8, 4) is 0 Å². The lowest BCUT2D eigenvalue weighted by Crippen LogP contribution is -2.12. The molecule has 5 nitrogen and oxygen atoms in total. The molecule has 0 aliphatic rings. The number of nitrogens with zero attached hydrogens (tertiary/aromatic N) is 2. The van der Waals surface area contributed by atoms with E-state index in [0.717, 1.165) is 37.3 Å². The van der Waals surface area contributed by atoms with Crippen LogP contribution in [0.2, 0.25) is 0 Å². The lowest BCUT2D eigenvalue weighted by molar-refractivity contribution is 0.588. The van der Waals surface area contributed by atoms with Crippen LogP contribution in [-0.4, -0.2) is 23.3 Å². The van der Waals surface area contributed by atoms with E-state index in [9.17, 15) is 4.57 Å². The fourth-order valence-electron chi connectivity index (χ4n) is 3.15. The number of nitrogens with two attached hydrogens (primary N) is 1. The summed E-state index contributed by atoms with van der Waals surface area (Å²) in [5.74, 6) is 0.652. The van der Waals surface area contributed by atoms with E-state index in [1.54, 1.807) is 19.5 Å². The van der Waals surface area contributed by atoms with Crippen molar-refractivity contribution >= 4 is 67.4 Å². The Hall–Kier alpha value is -2.43. The molecule has 0 radical (unpaired) electrons. The highest BCUT2D eigenvalue weighted by Crippen LogP contribution is 2.41. The Morgan fingerprint density at radius 1 is 1.00 bits per heavy atom. The van der Waals surface area contributed by atoms with E-state index in [1.807, 2.05) is 48.5 Å². The number of hydrogen-bond donors (Lipinski definition) is 2. The number of fused-ring (bicyclic) bond motifs is 2. The van der Waals surface area contributed by atoms with Gasteiger partial charge in [-0.1, -0.05) is 18.2 Å². The average Bonchev–Trinajstić information content (AvgIpc) is 2.64. The summed E-state index contributed by atoms with van der Waals surface area (Å²) in [5, 5.41) is 6.00. The summed E-state index contributed by atoms with van der Waals surface area (Å²) >= 11 is 3.51. The van der Waals surface area contributed by atoms with Gasteiger partial charge in [0.15, 0.2) is 0 Å². The molecule has 0 unspecified atom stereocenters. The summed E-state index contributed by atoms with van der Waals surface area (Å²) in [4.78, 5) is 9.15. The molecule has 2 aromatic heterocycles. The van der Waals surface area contributed by atoms with E-state index >= 15 is 0 Å². The lowest BCUT2D eigenvalue weighted by atomic mass is 10.2. The van der Waals surface area contributed by atoms with Gasteiger partial charge in [0.2, 0.25) is 0 Å². The first-order valence-electron chi connectivity index (χ1n) is 8.39. The Balaban J connectivity index is 1.88. The zero-order chi connectivity index (χ0) is 19.2. The summed E-state index contributed by atoms with van der Waals surface area (Å²) < 4.78 is 13.8. The summed E-state index contributed by atoms with van der Waals surface area (Å²) in [6.45, 7) is 3.51. The molecule has 0 bridgehead atoms. The first-order chi connectivity index (χ1) is 12.8. The Morgan fingerprint density at radius 2 is 1.70 bits per heavy atom. The van der Waals surface area contributed by atoms with Gasteiger partial charge >= 0.3 is 0 Å². The van der Waals surface area contributed by atoms with E-state index in [0.29, 0.717) is 11.5 Å². The van der Waals surface area contributed by atoms with Crippen LogP contribution in [0.5, 0.6) is 0 Å². The molecule has 4 rings (SSSR count). The standard InChI is InChI=1S/C20H18BrN4OP/c1-27(2,26)20-15(9-6-12-4-3-11-23-19(12)20)24-16-10-7-13-5-8-14(22)17(21)18(13)25-16/h3-11H,22H2,1-2H3,(H,24,25). The number of pyridine rings is 2. The molecule has 2 heterocycles. The SMILES string of the molecule is CP(C)(=O)c1c(Nc2ccc3ccc(N)c(Br)c3n2)ccc2cccnc12. The maximum absolute atomic E-state index is 13.0. The monoisotopic (exact) mass is 440 g/mol. The molecule has 0 amide bonds. The summed E-state index contributed by atoms with van der Waals surface area (Å²) in [5.41, 5.74) is 8.89. The molecule has 2 aromatic carbocycles. The minimum atomic E-state index is -2.59. The van der Waals surface area contributed by atoms with Gasteiger partial charge in [0.05, 0.1) is 26.5 Å². The van der Waals surface area contributed by atoms with E-state index in [1.165, 1.54) is 0 Å². The molecule has 4 aromatic rings. The minimum absolute atomic E-state index is 0.634. The highest BCUT2D eigenvalue weighted by molar-refractivity contribution is 9.10. The van der Waals surface area contributed by atoms with Crippen LogP contribution in [0.3, 0.4) is 0 Å². The molecule has 0 saturated heterocycles. The van der Waals surface area contributed by atoms with Crippen molar-refractivity contribution in [1.29, 1.82) is 0 Å². The maximum Gasteiger partial charge on any atom is 0.131 e. The molecule has 0 aliphatic heterocycles. The molecule has 7 heteroatoms. The molecule has 0 aliphatic carbocycles. The largest absolute Gasteiger partial charge is 0.398 e. The highest BCUT2D eigenvalue weighted by Gasteiger charge is 2.21. The van der Waals surface area contributed by atoms with Crippen LogP contribution in [0.25, 0.3) is 21.8 Å². The Morgan fingerprint density at radius 3 is 2.48 bits per heavy atom. The number of nitrogens with one attached hydrogen (secondary N) is 1. The summed E-state index contributed by atoms with van der Waals surface area (Å²) in [7, 11) is -2.59. The molecule has 0 fully saturated rings. The number of halogens is 1. The van der Waals surface area contributed by atoms with Crippen molar-refractivity contribution in [2.75, 3.05) is 24.4 Å². The topological polar surface area (TPSA) is 80.9 Å². The summed E-state index contributed by atoms with van der Waals surface area (Å²) in [6, 6.07) is 15.4. The molecule has 0 atom stereocenters. The highest BCUT2D eigenvalue weighted by atomic mass is 79.9. The average molecular weight is 441 g/mol. The van der Waals surface area contributed by atoms with E-state index in [4.69, 9.17) is 5.73 Å². The van der Waals surface area contributed by atoms with E-state index < -0.39 is 7.14 Å².